The maximum absolute atomic E-state index is 12.6. The average molecular weight is 2020 g/mol. The molecule has 1 aromatic rings. The van der Waals surface area contributed by atoms with Gasteiger partial charge in [0.2, 0.25) is 13.4 Å². The predicted octanol–water partition coefficient (Wildman–Crippen LogP) is 8.13. The van der Waals surface area contributed by atoms with Gasteiger partial charge in [-0.1, -0.05) is 142 Å². The third-order valence-corrected chi connectivity index (χ3v) is 21.6. The maximum atomic E-state index is 12.6. The zero-order valence-corrected chi connectivity index (χ0v) is 80.4. The number of amides is 1. The van der Waals surface area contributed by atoms with Crippen molar-refractivity contribution in [2.75, 3.05) is 162 Å². The number of aliphatic hydroxyl groups is 8. The van der Waals surface area contributed by atoms with E-state index in [-0.39, 0.29) is 107 Å². The van der Waals surface area contributed by atoms with E-state index in [0.29, 0.717) is 96.3 Å². The lowest BCUT2D eigenvalue weighted by Gasteiger charge is -2.53. The SMILES string of the molecule is C.C.C.C.C.C.C=C(C)C(=O)O[C@H]1C(O)[C@H](O)C(CC)O[C@@H]1OC.C=CC(=O)NCC1CCC(CC(O)CC)C1.C=CC(=O)OCCOC(=O)C=C.C=CC(=O)OCCOC(C)CC(O)CC.CN=P(C)(OCCOCCOC)OCCOCCOC.COCCOC(=O)C=CC(=O)OCC(C)O.[B][C@@]1(O[C@@H]2OC(C(=O)O)C(OC)[C@H](O)C2OC(=O)C=Cc2ccccc2)C(O)C(CO)O[C@@H](C)C1C. The lowest BCUT2D eigenvalue weighted by Crippen LogP contribution is -2.69. The second-order valence-electron chi connectivity index (χ2n) is 29.9. The van der Waals surface area contributed by atoms with Gasteiger partial charge in [0.1, 0.15) is 77.5 Å². The number of aliphatic carboxylic acids is 1. The molecule has 3 aliphatic heterocycles. The summed E-state index contributed by atoms with van der Waals surface area (Å²) in [5.74, 6) is -5.42. The summed E-state index contributed by atoms with van der Waals surface area (Å²) in [5.41, 5.74) is -1.01. The van der Waals surface area contributed by atoms with E-state index in [4.69, 9.17) is 88.3 Å². The van der Waals surface area contributed by atoms with E-state index in [0.717, 1.165) is 68.7 Å². The van der Waals surface area contributed by atoms with E-state index >= 15 is 0 Å². The monoisotopic (exact) mass is 2020 g/mol. The number of nitrogens with one attached hydrogen (secondary N) is 1. The van der Waals surface area contributed by atoms with E-state index in [1.165, 1.54) is 60.2 Å². The number of rotatable bonds is 52. The van der Waals surface area contributed by atoms with Crippen LogP contribution in [-0.2, 0) is 142 Å². The number of hydrogen-bond acceptors (Lipinski definition) is 39. The van der Waals surface area contributed by atoms with Gasteiger partial charge >= 0.3 is 47.8 Å². The molecule has 808 valence electrons. The Bertz CT molecular complexity index is 3540. The highest BCUT2D eigenvalue weighted by atomic mass is 31.2. The Balaban J connectivity index is -0.000000246. The van der Waals surface area contributed by atoms with Crippen LogP contribution in [0, 0.1) is 17.8 Å². The molecule has 0 aromatic heterocycles. The van der Waals surface area contributed by atoms with E-state index in [1.807, 2.05) is 40.4 Å². The zero-order chi connectivity index (χ0) is 101. The fraction of sp³-hybridized carbons (Fsp3) is 0.698. The Kier molecular flexibility index (Phi) is 91.3. The molecule has 1 aromatic carbocycles. The second-order valence-corrected chi connectivity index (χ2v) is 32.4. The molecule has 0 bridgehead atoms. The summed E-state index contributed by atoms with van der Waals surface area (Å²) in [7, 11) is 13.3. The summed E-state index contributed by atoms with van der Waals surface area (Å²) >= 11 is 0. The lowest BCUT2D eigenvalue weighted by molar-refractivity contribution is -0.342. The summed E-state index contributed by atoms with van der Waals surface area (Å²) in [6.45, 7) is 37.6. The van der Waals surface area contributed by atoms with Gasteiger partial charge in [-0.3, -0.25) is 9.54 Å². The van der Waals surface area contributed by atoms with Crippen LogP contribution in [0.1, 0.15) is 157 Å². The second kappa shape index (κ2) is 86.7. The summed E-state index contributed by atoms with van der Waals surface area (Å²) in [6, 6.07) is 8.90. The molecule has 5 rings (SSSR count). The van der Waals surface area contributed by atoms with Crippen LogP contribution in [0.15, 0.2) is 116 Å². The Hall–Kier alpha value is -7.96. The average Bonchev–Trinajstić information content (AvgIpc) is 1.47. The number of methoxy groups -OCH3 is 5. The summed E-state index contributed by atoms with van der Waals surface area (Å²) in [4.78, 5) is 100. The smallest absolute Gasteiger partial charge is 0.335 e. The topological polar surface area (TPSA) is 554 Å². The highest BCUT2D eigenvalue weighted by Gasteiger charge is 2.57. The van der Waals surface area contributed by atoms with Crippen molar-refractivity contribution in [3.05, 3.63) is 117 Å². The third kappa shape index (κ3) is 64.3. The molecule has 1 aliphatic carbocycles. The Morgan fingerprint density at radius 2 is 1.06 bits per heavy atom. The van der Waals surface area contributed by atoms with E-state index < -0.39 is 159 Å². The molecule has 10 N–H and O–H groups in total. The van der Waals surface area contributed by atoms with Crippen LogP contribution in [-0.4, -0.2) is 379 Å². The van der Waals surface area contributed by atoms with Gasteiger partial charge in [0.05, 0.1) is 115 Å². The molecule has 4 aliphatic rings. The first kappa shape index (κ1) is 146. The van der Waals surface area contributed by atoms with Crippen LogP contribution in [0.3, 0.4) is 0 Å². The number of ether oxygens (including phenoxy) is 19. The molecule has 3 saturated heterocycles. The van der Waals surface area contributed by atoms with Gasteiger partial charge in [0, 0.05) is 104 Å². The van der Waals surface area contributed by atoms with Crippen molar-refractivity contribution in [1.82, 2.24) is 5.32 Å². The van der Waals surface area contributed by atoms with Gasteiger partial charge in [-0.2, -0.15) is 0 Å². The van der Waals surface area contributed by atoms with Crippen LogP contribution in [0.5, 0.6) is 0 Å². The number of carbonyl (C=O) groups excluding carboxylic acids is 8. The van der Waals surface area contributed by atoms with Crippen molar-refractivity contribution in [2.24, 2.45) is 22.5 Å². The molecule has 43 heteroatoms. The minimum absolute atomic E-state index is 0. The highest BCUT2D eigenvalue weighted by molar-refractivity contribution is 7.55. The maximum Gasteiger partial charge on any atom is 0.335 e. The molecule has 1 amide bonds. The number of aliphatic hydroxyl groups excluding tert-OH is 8. The van der Waals surface area contributed by atoms with Gasteiger partial charge in [-0.05, 0) is 102 Å². The third-order valence-electron chi connectivity index (χ3n) is 19.5. The number of nitrogens with zero attached hydrogens (tertiary/aromatic N) is 1. The molecule has 21 atom stereocenters. The van der Waals surface area contributed by atoms with E-state index in [2.05, 4.69) is 66.6 Å². The number of carboxylic acids is 1. The molecule has 41 nitrogen and oxygen atoms in total. The molecular weight excluding hydrogens is 1850 g/mol. The summed E-state index contributed by atoms with van der Waals surface area (Å²) in [5, 5.41) is 91.3. The van der Waals surface area contributed by atoms with Crippen LogP contribution < -0.4 is 5.32 Å². The first-order valence-corrected chi connectivity index (χ1v) is 45.4. The first-order chi connectivity index (χ1) is 63.1. The first-order valence-electron chi connectivity index (χ1n) is 43.3. The molecular formula is C96H172BN2O39P. The summed E-state index contributed by atoms with van der Waals surface area (Å²) in [6.07, 6.45) is -1.37. The predicted molar refractivity (Wildman–Crippen MR) is 526 cm³/mol. The number of carboxylic acid groups (broad SMARTS) is 1. The lowest BCUT2D eigenvalue weighted by atomic mass is 9.63. The zero-order valence-electron chi connectivity index (χ0n) is 79.5. The van der Waals surface area contributed by atoms with Crippen molar-refractivity contribution in [2.45, 2.75) is 261 Å². The number of esters is 7. The Morgan fingerprint density at radius 3 is 1.52 bits per heavy atom. The normalized spacial score (nSPS) is 23.2. The van der Waals surface area contributed by atoms with Crippen LogP contribution in [0.4, 0.5) is 0 Å². The standard InChI is InChI=1S/C24H31BO11.C13H23NO2.C12H28NO6P.C12H20O6.C11H20O4.C10H16O6.C8H10O4.6CH4/c1-12-13(2)33-15(11-26)21(29)24(12,25)36-23-19(17(28)18(32-3)20(35-23)22(30)31)34-16(27)10-9-14-7-5-4-6-8-14;1-3-12(15)8-10-5-6-11(7-10)9-14-13(16)4-2;1-13-20(4,18-11-9-16-7-5-14-2)19-12-10-17-8-6-15-3;1-5-7-8(13)9(14)10(12(16-4)17-7)18-11(15)6(2)3;1-4-10(12)8-9(3)14-6-7-15-11(13)5-2;1-8(11)7-16-10(13)4-3-9(12)15-6-5-14-2;1-3-7(9)11-5-6-12-8(10)4-2;;;;;;/h4-10,12-13,15,17-21,23,26,28-29H,11H2,1-3H3,(H,30,31);4,10-12,15H,2-3,5-9H2,1H3,(H,14,16);5-12H2,1-4H3;7-10,12-14H,2,5H2,1,3-4H3;5,9-10,12H,2,4,6-8H2,1,3H3;3-4,8,11H,5-7H2,1-2H3;3-4H,1-2,5-6H2;6*1H4/t12?,13-,15?,17-,18?,19?,20?,21?,23-,24-;;;7?,8-,9?,10+,12+;;;;;;;;;/m0..1........./s1. The van der Waals surface area contributed by atoms with Crippen molar-refractivity contribution < 1.29 is 188 Å². The van der Waals surface area contributed by atoms with Crippen molar-refractivity contribution in [3.63, 3.8) is 0 Å². The minimum Gasteiger partial charge on any atom is -0.479 e. The molecule has 0 spiro atoms. The van der Waals surface area contributed by atoms with Gasteiger partial charge in [-0.25, -0.2) is 38.4 Å². The molecule has 2 radical (unpaired) electrons. The van der Waals surface area contributed by atoms with Crippen molar-refractivity contribution in [1.29, 1.82) is 0 Å². The van der Waals surface area contributed by atoms with E-state index in [1.54, 1.807) is 59.4 Å². The van der Waals surface area contributed by atoms with Crippen molar-refractivity contribution in [3.8, 4) is 0 Å². The summed E-state index contributed by atoms with van der Waals surface area (Å²) < 4.78 is 112. The number of benzene rings is 1. The molecule has 14 unspecified atom stereocenters. The molecule has 3 heterocycles. The van der Waals surface area contributed by atoms with Gasteiger partial charge in [0.15, 0.2) is 30.9 Å². The van der Waals surface area contributed by atoms with Crippen molar-refractivity contribution >= 4 is 75.1 Å². The van der Waals surface area contributed by atoms with Gasteiger partial charge < -0.3 is 150 Å². The van der Waals surface area contributed by atoms with Crippen LogP contribution in [0.2, 0.25) is 0 Å². The molecule has 1 saturated carbocycles. The molecule has 139 heavy (non-hydrogen) atoms. The van der Waals surface area contributed by atoms with E-state index in [9.17, 15) is 84.0 Å². The number of hydrogen-bond donors (Lipinski definition) is 10. The number of carbonyl (C=O) groups is 9. The van der Waals surface area contributed by atoms with Crippen LogP contribution >= 0.6 is 7.51 Å². The quantitative estimate of drug-likeness (QED) is 0.00734. The highest BCUT2D eigenvalue weighted by Crippen LogP contribution is 2.47. The molecule has 4 fully saturated rings. The fourth-order valence-corrected chi connectivity index (χ4v) is 13.0. The minimum atomic E-state index is -2.16. The fourth-order valence-electron chi connectivity index (χ4n) is 11.9. The van der Waals surface area contributed by atoms with Crippen LogP contribution in [0.25, 0.3) is 6.08 Å². The largest absolute Gasteiger partial charge is 0.479 e. The Morgan fingerprint density at radius 1 is 0.583 bits per heavy atom. The van der Waals surface area contributed by atoms with Gasteiger partial charge in [0.25, 0.3) is 0 Å². The Labute approximate surface area is 826 Å². The van der Waals surface area contributed by atoms with Gasteiger partial charge in [-0.15, -0.1) is 0 Å².